The SMILES string of the molecule is CCCCCN=c1cc(Cl)cc(C)n1O.Cl. The van der Waals surface area contributed by atoms with Crippen LogP contribution in [0.2, 0.25) is 5.02 Å². The number of aryl methyl sites for hydroxylation is 1. The lowest BCUT2D eigenvalue weighted by Crippen LogP contribution is -2.21. The fourth-order valence-electron chi connectivity index (χ4n) is 1.34. The highest BCUT2D eigenvalue weighted by Gasteiger charge is 1.97. The second kappa shape index (κ2) is 7.58. The molecule has 1 aromatic rings. The highest BCUT2D eigenvalue weighted by Crippen LogP contribution is 2.05. The molecule has 1 rings (SSSR count). The van der Waals surface area contributed by atoms with Crippen molar-refractivity contribution < 1.29 is 5.21 Å². The first-order valence-electron chi connectivity index (χ1n) is 5.24. The lowest BCUT2D eigenvalue weighted by molar-refractivity contribution is 0.165. The molecule has 3 nitrogen and oxygen atoms in total. The topological polar surface area (TPSA) is 37.5 Å². The first-order chi connectivity index (χ1) is 7.15. The number of hydrogen-bond acceptors (Lipinski definition) is 2. The molecule has 0 atom stereocenters. The normalized spacial score (nSPS) is 11.3. The zero-order valence-electron chi connectivity index (χ0n) is 9.61. The molecular formula is C11H18Cl2N2O. The minimum atomic E-state index is 0. The first kappa shape index (κ1) is 15.3. The van der Waals surface area contributed by atoms with Crippen LogP contribution in [0.3, 0.4) is 0 Å². The maximum absolute atomic E-state index is 9.64. The van der Waals surface area contributed by atoms with Crippen LogP contribution in [-0.4, -0.2) is 16.5 Å². The average Bonchev–Trinajstić information content (AvgIpc) is 2.19. The Kier molecular flexibility index (Phi) is 7.26. The number of pyridine rings is 1. The van der Waals surface area contributed by atoms with Gasteiger partial charge in [-0.3, -0.25) is 4.99 Å². The molecule has 0 saturated carbocycles. The number of aromatic nitrogens is 1. The second-order valence-corrected chi connectivity index (χ2v) is 4.01. The average molecular weight is 265 g/mol. The van der Waals surface area contributed by atoms with Crippen LogP contribution in [0.25, 0.3) is 0 Å². The van der Waals surface area contributed by atoms with Gasteiger partial charge in [-0.15, -0.1) is 12.4 Å². The molecule has 0 unspecified atom stereocenters. The van der Waals surface area contributed by atoms with Crippen molar-refractivity contribution in [2.75, 3.05) is 6.54 Å². The summed E-state index contributed by atoms with van der Waals surface area (Å²) in [4.78, 5) is 4.29. The Balaban J connectivity index is 0.00000225. The van der Waals surface area contributed by atoms with Crippen LogP contribution >= 0.6 is 24.0 Å². The van der Waals surface area contributed by atoms with Crippen LogP contribution in [0.15, 0.2) is 17.1 Å². The van der Waals surface area contributed by atoms with E-state index in [-0.39, 0.29) is 12.4 Å². The maximum Gasteiger partial charge on any atom is 0.165 e. The molecule has 1 N–H and O–H groups in total. The monoisotopic (exact) mass is 264 g/mol. The van der Waals surface area contributed by atoms with E-state index in [9.17, 15) is 5.21 Å². The molecule has 0 aliphatic rings. The quantitative estimate of drug-likeness (QED) is 0.658. The molecule has 92 valence electrons. The van der Waals surface area contributed by atoms with Crippen molar-refractivity contribution in [2.45, 2.75) is 33.1 Å². The van der Waals surface area contributed by atoms with E-state index in [1.165, 1.54) is 6.42 Å². The van der Waals surface area contributed by atoms with Gasteiger partial charge in [0.1, 0.15) is 0 Å². The van der Waals surface area contributed by atoms with E-state index in [0.717, 1.165) is 24.1 Å². The molecule has 0 radical (unpaired) electrons. The van der Waals surface area contributed by atoms with Gasteiger partial charge in [0.2, 0.25) is 0 Å². The minimum absolute atomic E-state index is 0. The molecule has 1 aromatic heterocycles. The van der Waals surface area contributed by atoms with Crippen LogP contribution in [0.5, 0.6) is 0 Å². The van der Waals surface area contributed by atoms with Gasteiger partial charge >= 0.3 is 0 Å². The largest absolute Gasteiger partial charge is 0.427 e. The Hall–Kier alpha value is -0.670. The van der Waals surface area contributed by atoms with E-state index in [1.807, 2.05) is 0 Å². The van der Waals surface area contributed by atoms with E-state index in [4.69, 9.17) is 11.6 Å². The zero-order valence-corrected chi connectivity index (χ0v) is 11.2. The van der Waals surface area contributed by atoms with Crippen molar-refractivity contribution in [3.05, 3.63) is 28.3 Å². The van der Waals surface area contributed by atoms with Crippen LogP contribution in [0, 0.1) is 6.92 Å². The van der Waals surface area contributed by atoms with Gasteiger partial charge in [-0.1, -0.05) is 31.4 Å². The first-order valence-corrected chi connectivity index (χ1v) is 5.62. The number of halogens is 2. The molecule has 0 bridgehead atoms. The van der Waals surface area contributed by atoms with E-state index < -0.39 is 0 Å². The van der Waals surface area contributed by atoms with E-state index >= 15 is 0 Å². The van der Waals surface area contributed by atoms with Crippen LogP contribution in [0.1, 0.15) is 31.9 Å². The van der Waals surface area contributed by atoms with E-state index in [1.54, 1.807) is 19.1 Å². The van der Waals surface area contributed by atoms with Crippen LogP contribution in [-0.2, 0) is 0 Å². The van der Waals surface area contributed by atoms with E-state index in [0.29, 0.717) is 16.2 Å². The zero-order chi connectivity index (χ0) is 11.3. The Bertz CT molecular complexity index is 388. The van der Waals surface area contributed by atoms with Gasteiger partial charge in [-0.05, 0) is 19.4 Å². The molecule has 0 spiro atoms. The van der Waals surface area contributed by atoms with Crippen LogP contribution < -0.4 is 5.49 Å². The van der Waals surface area contributed by atoms with Gasteiger partial charge in [0.15, 0.2) is 5.49 Å². The minimum Gasteiger partial charge on any atom is -0.427 e. The lowest BCUT2D eigenvalue weighted by atomic mass is 10.2. The van der Waals surface area contributed by atoms with Crippen LogP contribution in [0.4, 0.5) is 0 Å². The van der Waals surface area contributed by atoms with Crippen molar-refractivity contribution in [3.63, 3.8) is 0 Å². The summed E-state index contributed by atoms with van der Waals surface area (Å²) in [7, 11) is 0. The summed E-state index contributed by atoms with van der Waals surface area (Å²) in [5.74, 6) is 0. The summed E-state index contributed by atoms with van der Waals surface area (Å²) in [6, 6.07) is 3.37. The third-order valence-electron chi connectivity index (χ3n) is 2.20. The summed E-state index contributed by atoms with van der Waals surface area (Å²) in [6.07, 6.45) is 3.37. The number of rotatable bonds is 4. The fourth-order valence-corrected chi connectivity index (χ4v) is 1.59. The van der Waals surface area contributed by atoms with E-state index in [2.05, 4.69) is 11.9 Å². The van der Waals surface area contributed by atoms with Gasteiger partial charge in [-0.2, -0.15) is 4.73 Å². The molecule has 0 amide bonds. The lowest BCUT2D eigenvalue weighted by Gasteiger charge is -2.03. The molecule has 16 heavy (non-hydrogen) atoms. The predicted molar refractivity (Wildman–Crippen MR) is 68.6 cm³/mol. The standard InChI is InChI=1S/C11H17ClN2O.ClH/c1-3-4-5-6-13-11-8-10(12)7-9(2)14(11)15;/h7-8,15H,3-6H2,1-2H3;1H. The molecule has 0 fully saturated rings. The van der Waals surface area contributed by atoms with Crippen molar-refractivity contribution in [3.8, 4) is 0 Å². The Morgan fingerprint density at radius 2 is 2.06 bits per heavy atom. The summed E-state index contributed by atoms with van der Waals surface area (Å²) in [5.41, 5.74) is 1.22. The third kappa shape index (κ3) is 4.45. The summed E-state index contributed by atoms with van der Waals surface area (Å²) >= 11 is 5.88. The van der Waals surface area contributed by atoms with Gasteiger partial charge in [0.05, 0.1) is 5.69 Å². The van der Waals surface area contributed by atoms with Gasteiger partial charge in [-0.25, -0.2) is 0 Å². The number of unbranched alkanes of at least 4 members (excludes halogenated alkanes) is 2. The van der Waals surface area contributed by atoms with Crippen molar-refractivity contribution in [1.29, 1.82) is 0 Å². The van der Waals surface area contributed by atoms with Crippen molar-refractivity contribution in [1.82, 2.24) is 4.73 Å². The van der Waals surface area contributed by atoms with Crippen molar-refractivity contribution in [2.24, 2.45) is 4.99 Å². The second-order valence-electron chi connectivity index (χ2n) is 3.57. The summed E-state index contributed by atoms with van der Waals surface area (Å²) < 4.78 is 1.07. The number of hydrogen-bond donors (Lipinski definition) is 1. The Morgan fingerprint density at radius 3 is 2.69 bits per heavy atom. The van der Waals surface area contributed by atoms with Crippen molar-refractivity contribution >= 4 is 24.0 Å². The Morgan fingerprint density at radius 1 is 1.38 bits per heavy atom. The molecule has 0 aliphatic heterocycles. The highest BCUT2D eigenvalue weighted by atomic mass is 35.5. The van der Waals surface area contributed by atoms with Gasteiger partial charge in [0, 0.05) is 17.6 Å². The smallest absolute Gasteiger partial charge is 0.165 e. The highest BCUT2D eigenvalue weighted by molar-refractivity contribution is 6.30. The third-order valence-corrected chi connectivity index (χ3v) is 2.42. The summed E-state index contributed by atoms with van der Waals surface area (Å²) in [6.45, 7) is 4.67. The number of nitrogens with zero attached hydrogens (tertiary/aromatic N) is 2. The molecular weight excluding hydrogens is 247 g/mol. The predicted octanol–water partition coefficient (Wildman–Crippen LogP) is 3.20. The fraction of sp³-hybridized carbons (Fsp3) is 0.545. The molecule has 1 heterocycles. The maximum atomic E-state index is 9.64. The van der Waals surface area contributed by atoms with Gasteiger partial charge < -0.3 is 5.21 Å². The molecule has 5 heteroatoms. The summed E-state index contributed by atoms with van der Waals surface area (Å²) in [5, 5.41) is 10.2. The molecule has 0 aliphatic carbocycles. The molecule has 0 saturated heterocycles. The van der Waals surface area contributed by atoms with Gasteiger partial charge in [0.25, 0.3) is 0 Å². The Labute approximate surface area is 107 Å². The molecule has 0 aromatic carbocycles.